The van der Waals surface area contributed by atoms with E-state index < -0.39 is 0 Å². The Morgan fingerprint density at radius 2 is 1.95 bits per heavy atom. The number of primary amides is 1. The molecule has 2 aromatic rings. The van der Waals surface area contributed by atoms with Gasteiger partial charge >= 0.3 is 0 Å². The molecule has 0 saturated heterocycles. The van der Waals surface area contributed by atoms with Gasteiger partial charge in [0.05, 0.1) is 12.9 Å². The van der Waals surface area contributed by atoms with Crippen molar-refractivity contribution in [2.75, 3.05) is 18.2 Å². The van der Waals surface area contributed by atoms with Crippen LogP contribution in [0.4, 0.5) is 5.69 Å². The van der Waals surface area contributed by atoms with Gasteiger partial charge in [0.15, 0.2) is 0 Å². The molecule has 0 unspecified atom stereocenters. The fraction of sp³-hybridized carbons (Fsp3) is 0.125. The van der Waals surface area contributed by atoms with E-state index in [2.05, 4.69) is 5.32 Å². The molecular weight excluding hydrogens is 300 g/mol. The number of carbonyl (C=O) groups is 2. The van der Waals surface area contributed by atoms with Crippen LogP contribution in [0, 0.1) is 0 Å². The smallest absolute Gasteiger partial charge is 0.255 e. The average Bonchev–Trinajstić information content (AvgIpc) is 2.53. The Morgan fingerprint density at radius 1 is 1.18 bits per heavy atom. The summed E-state index contributed by atoms with van der Waals surface area (Å²) in [7, 11) is 1.55. The van der Waals surface area contributed by atoms with Gasteiger partial charge in [0.2, 0.25) is 5.91 Å². The van der Waals surface area contributed by atoms with Crippen LogP contribution < -0.4 is 15.8 Å². The minimum Gasteiger partial charge on any atom is -0.497 e. The monoisotopic (exact) mass is 316 g/mol. The van der Waals surface area contributed by atoms with Gasteiger partial charge in [0.25, 0.3) is 5.91 Å². The normalized spacial score (nSPS) is 10.0. The van der Waals surface area contributed by atoms with E-state index in [1.54, 1.807) is 43.5 Å². The maximum atomic E-state index is 12.2. The van der Waals surface area contributed by atoms with Gasteiger partial charge in [-0.25, -0.2) is 0 Å². The Bertz CT molecular complexity index is 689. The molecule has 6 heteroatoms. The topological polar surface area (TPSA) is 81.4 Å². The number of hydrogen-bond donors (Lipinski definition) is 2. The Kier molecular flexibility index (Phi) is 5.43. The molecule has 0 saturated carbocycles. The maximum Gasteiger partial charge on any atom is 0.255 e. The quantitative estimate of drug-likeness (QED) is 0.802. The summed E-state index contributed by atoms with van der Waals surface area (Å²) in [6.07, 6.45) is 0. The molecule has 0 bridgehead atoms. The van der Waals surface area contributed by atoms with Crippen molar-refractivity contribution in [2.24, 2.45) is 5.73 Å². The molecule has 2 aromatic carbocycles. The number of benzene rings is 2. The van der Waals surface area contributed by atoms with Crippen molar-refractivity contribution in [3.05, 3.63) is 54.1 Å². The number of nitrogens with two attached hydrogens (primary N) is 1. The lowest BCUT2D eigenvalue weighted by Crippen LogP contribution is -2.13. The molecule has 114 valence electrons. The van der Waals surface area contributed by atoms with Crippen molar-refractivity contribution in [1.29, 1.82) is 0 Å². The van der Waals surface area contributed by atoms with Crippen molar-refractivity contribution in [2.45, 2.75) is 4.90 Å². The van der Waals surface area contributed by atoms with E-state index in [1.165, 1.54) is 11.8 Å². The fourth-order valence-corrected chi connectivity index (χ4v) is 2.48. The number of hydrogen-bond acceptors (Lipinski definition) is 4. The van der Waals surface area contributed by atoms with E-state index in [9.17, 15) is 9.59 Å². The molecule has 0 aromatic heterocycles. The molecule has 0 spiro atoms. The molecule has 0 aliphatic rings. The third kappa shape index (κ3) is 4.53. The second kappa shape index (κ2) is 7.51. The Morgan fingerprint density at radius 3 is 2.68 bits per heavy atom. The molecule has 2 rings (SSSR count). The number of methoxy groups -OCH3 is 1. The number of carbonyl (C=O) groups excluding carboxylic acids is 2. The highest BCUT2D eigenvalue weighted by molar-refractivity contribution is 8.00. The second-order valence-corrected chi connectivity index (χ2v) is 5.52. The molecule has 2 amide bonds. The minimum atomic E-state index is -0.379. The van der Waals surface area contributed by atoms with Gasteiger partial charge in [-0.05, 0) is 36.4 Å². The first kappa shape index (κ1) is 15.9. The van der Waals surface area contributed by atoms with Crippen LogP contribution in [0.15, 0.2) is 53.4 Å². The van der Waals surface area contributed by atoms with E-state index >= 15 is 0 Å². The van der Waals surface area contributed by atoms with Gasteiger partial charge in [-0.3, -0.25) is 9.59 Å². The van der Waals surface area contributed by atoms with Crippen LogP contribution in [0.1, 0.15) is 10.4 Å². The number of nitrogens with one attached hydrogen (secondary N) is 1. The highest BCUT2D eigenvalue weighted by Crippen LogP contribution is 2.22. The molecule has 22 heavy (non-hydrogen) atoms. The second-order valence-electron chi connectivity index (χ2n) is 4.47. The van der Waals surface area contributed by atoms with Crippen LogP contribution in [0.2, 0.25) is 0 Å². The van der Waals surface area contributed by atoms with Crippen molar-refractivity contribution < 1.29 is 14.3 Å². The number of anilines is 1. The maximum absolute atomic E-state index is 12.2. The SMILES string of the molecule is COc1cccc(C(=O)Nc2cccc(SCC(N)=O)c2)c1. The largest absolute Gasteiger partial charge is 0.497 e. The van der Waals surface area contributed by atoms with Crippen molar-refractivity contribution in [3.63, 3.8) is 0 Å². The van der Waals surface area contributed by atoms with E-state index in [0.29, 0.717) is 17.0 Å². The molecule has 0 aliphatic heterocycles. The van der Waals surface area contributed by atoms with Gasteiger partial charge in [-0.2, -0.15) is 0 Å². The van der Waals surface area contributed by atoms with Gasteiger partial charge in [-0.1, -0.05) is 12.1 Å². The van der Waals surface area contributed by atoms with Crippen molar-refractivity contribution >= 4 is 29.3 Å². The zero-order valence-electron chi connectivity index (χ0n) is 12.0. The lowest BCUT2D eigenvalue weighted by molar-refractivity contribution is -0.115. The zero-order valence-corrected chi connectivity index (χ0v) is 12.9. The highest BCUT2D eigenvalue weighted by atomic mass is 32.2. The molecule has 0 atom stereocenters. The predicted molar refractivity (Wildman–Crippen MR) is 87.3 cm³/mol. The zero-order chi connectivity index (χ0) is 15.9. The van der Waals surface area contributed by atoms with E-state index in [-0.39, 0.29) is 17.6 Å². The fourth-order valence-electron chi connectivity index (χ4n) is 1.79. The van der Waals surface area contributed by atoms with Gasteiger partial charge in [-0.15, -0.1) is 11.8 Å². The first-order chi connectivity index (χ1) is 10.6. The molecule has 0 radical (unpaired) electrons. The van der Waals surface area contributed by atoms with Gasteiger partial charge in [0.1, 0.15) is 5.75 Å². The summed E-state index contributed by atoms with van der Waals surface area (Å²) in [6, 6.07) is 14.2. The van der Waals surface area contributed by atoms with E-state index in [4.69, 9.17) is 10.5 Å². The third-order valence-corrected chi connectivity index (χ3v) is 3.82. The van der Waals surface area contributed by atoms with Crippen LogP contribution in [0.5, 0.6) is 5.75 Å². The molecule has 0 aliphatic carbocycles. The van der Waals surface area contributed by atoms with Crippen LogP contribution in [-0.2, 0) is 4.79 Å². The standard InChI is InChI=1S/C16H16N2O3S/c1-21-13-6-2-4-11(8-13)16(20)18-12-5-3-7-14(9-12)22-10-15(17)19/h2-9H,10H2,1H3,(H2,17,19)(H,18,20). The summed E-state index contributed by atoms with van der Waals surface area (Å²) < 4.78 is 5.10. The summed E-state index contributed by atoms with van der Waals surface area (Å²) in [5.41, 5.74) is 6.28. The Hall–Kier alpha value is -2.47. The minimum absolute atomic E-state index is 0.202. The van der Waals surface area contributed by atoms with Crippen LogP contribution in [0.3, 0.4) is 0 Å². The lowest BCUT2D eigenvalue weighted by atomic mass is 10.2. The summed E-state index contributed by atoms with van der Waals surface area (Å²) in [5, 5.41) is 2.81. The summed E-state index contributed by atoms with van der Waals surface area (Å²) in [4.78, 5) is 23.9. The van der Waals surface area contributed by atoms with Gasteiger partial charge < -0.3 is 15.8 Å². The first-order valence-corrected chi connectivity index (χ1v) is 7.53. The molecule has 0 fully saturated rings. The Balaban J connectivity index is 2.07. The molecule has 0 heterocycles. The highest BCUT2D eigenvalue weighted by Gasteiger charge is 2.08. The van der Waals surface area contributed by atoms with Crippen LogP contribution in [-0.4, -0.2) is 24.7 Å². The van der Waals surface area contributed by atoms with Crippen LogP contribution >= 0.6 is 11.8 Å². The lowest BCUT2D eigenvalue weighted by Gasteiger charge is -2.08. The Labute approximate surface area is 132 Å². The summed E-state index contributed by atoms with van der Waals surface area (Å²) >= 11 is 1.33. The first-order valence-electron chi connectivity index (χ1n) is 6.55. The van der Waals surface area contributed by atoms with Gasteiger partial charge in [0, 0.05) is 16.1 Å². The number of rotatable bonds is 6. The number of thioether (sulfide) groups is 1. The average molecular weight is 316 g/mol. The van der Waals surface area contributed by atoms with E-state index in [0.717, 1.165) is 4.90 Å². The molecular formula is C16H16N2O3S. The number of ether oxygens (including phenoxy) is 1. The van der Waals surface area contributed by atoms with Crippen molar-refractivity contribution in [1.82, 2.24) is 0 Å². The predicted octanol–water partition coefficient (Wildman–Crippen LogP) is 2.52. The van der Waals surface area contributed by atoms with Crippen LogP contribution in [0.25, 0.3) is 0 Å². The summed E-state index contributed by atoms with van der Waals surface area (Å²) in [6.45, 7) is 0. The van der Waals surface area contributed by atoms with Crippen molar-refractivity contribution in [3.8, 4) is 5.75 Å². The van der Waals surface area contributed by atoms with E-state index in [1.807, 2.05) is 12.1 Å². The third-order valence-electron chi connectivity index (χ3n) is 2.80. The molecule has 5 nitrogen and oxygen atoms in total. The summed E-state index contributed by atoms with van der Waals surface area (Å²) in [5.74, 6) is 0.220. The number of amides is 2. The molecule has 3 N–H and O–H groups in total.